The Morgan fingerprint density at radius 1 is 1.57 bits per heavy atom. The molecule has 14 heavy (non-hydrogen) atoms. The molecule has 0 radical (unpaired) electrons. The third kappa shape index (κ3) is 1.27. The van der Waals surface area contributed by atoms with Gasteiger partial charge in [0.05, 0.1) is 16.2 Å². The van der Waals surface area contributed by atoms with Gasteiger partial charge >= 0.3 is 6.09 Å². The second-order valence-corrected chi connectivity index (χ2v) is 3.20. The highest BCUT2D eigenvalue weighted by atomic mass is 35.5. The largest absolute Gasteiger partial charge is 0.463 e. The summed E-state index contributed by atoms with van der Waals surface area (Å²) in [4.78, 5) is 10.6. The van der Waals surface area contributed by atoms with E-state index in [4.69, 9.17) is 22.4 Å². The molecular formula is C8H6ClN3O2. The molecule has 2 rings (SSSR count). The minimum absolute atomic E-state index is 0.369. The molecule has 0 amide bonds. The first-order chi connectivity index (χ1) is 6.58. The quantitative estimate of drug-likeness (QED) is 0.651. The molecular weight excluding hydrogens is 206 g/mol. The van der Waals surface area contributed by atoms with Crippen LogP contribution in [0.15, 0.2) is 18.3 Å². The van der Waals surface area contributed by atoms with Gasteiger partial charge < -0.3 is 10.8 Å². The van der Waals surface area contributed by atoms with Crippen LogP contribution in [0, 0.1) is 0 Å². The van der Waals surface area contributed by atoms with Gasteiger partial charge in [0.25, 0.3) is 0 Å². The van der Waals surface area contributed by atoms with Crippen molar-refractivity contribution in [2.45, 2.75) is 0 Å². The lowest BCUT2D eigenvalue weighted by atomic mass is 10.2. The molecule has 1 aromatic carbocycles. The summed E-state index contributed by atoms with van der Waals surface area (Å²) < 4.78 is 0.820. The van der Waals surface area contributed by atoms with Gasteiger partial charge in [-0.3, -0.25) is 0 Å². The number of hydrogen-bond acceptors (Lipinski definition) is 3. The van der Waals surface area contributed by atoms with Crippen molar-refractivity contribution in [3.05, 3.63) is 23.4 Å². The van der Waals surface area contributed by atoms with E-state index >= 15 is 0 Å². The smallest absolute Gasteiger partial charge is 0.432 e. The van der Waals surface area contributed by atoms with E-state index in [1.807, 2.05) is 0 Å². The van der Waals surface area contributed by atoms with E-state index in [9.17, 15) is 4.79 Å². The highest BCUT2D eigenvalue weighted by molar-refractivity contribution is 6.33. The SMILES string of the molecule is Nc1cc2cn(C(=O)O)nc2cc1Cl. The fourth-order valence-corrected chi connectivity index (χ4v) is 1.32. The van der Waals surface area contributed by atoms with E-state index in [-0.39, 0.29) is 0 Å². The molecule has 0 fully saturated rings. The van der Waals surface area contributed by atoms with Crippen LogP contribution >= 0.6 is 11.6 Å². The number of carboxylic acid groups (broad SMARTS) is 1. The summed E-state index contributed by atoms with van der Waals surface area (Å²) in [7, 11) is 0. The number of carbonyl (C=O) groups is 1. The Balaban J connectivity index is 2.72. The second kappa shape index (κ2) is 2.88. The number of benzene rings is 1. The van der Waals surface area contributed by atoms with E-state index in [0.29, 0.717) is 21.6 Å². The van der Waals surface area contributed by atoms with E-state index in [2.05, 4.69) is 5.10 Å². The minimum Gasteiger partial charge on any atom is -0.463 e. The van der Waals surface area contributed by atoms with Crippen molar-refractivity contribution in [1.82, 2.24) is 9.78 Å². The van der Waals surface area contributed by atoms with Crippen molar-refractivity contribution in [2.24, 2.45) is 0 Å². The van der Waals surface area contributed by atoms with Gasteiger partial charge in [0.1, 0.15) is 0 Å². The van der Waals surface area contributed by atoms with Crippen molar-refractivity contribution < 1.29 is 9.90 Å². The lowest BCUT2D eigenvalue weighted by molar-refractivity contribution is 0.193. The first-order valence-corrected chi connectivity index (χ1v) is 4.13. The van der Waals surface area contributed by atoms with Crippen LogP contribution in [0.25, 0.3) is 10.9 Å². The molecule has 0 aliphatic rings. The predicted molar refractivity (Wildman–Crippen MR) is 52.6 cm³/mol. The van der Waals surface area contributed by atoms with E-state index in [1.54, 1.807) is 6.07 Å². The molecule has 2 aromatic rings. The van der Waals surface area contributed by atoms with Crippen molar-refractivity contribution in [3.63, 3.8) is 0 Å². The van der Waals surface area contributed by atoms with Crippen LogP contribution < -0.4 is 5.73 Å². The molecule has 0 saturated carbocycles. The lowest BCUT2D eigenvalue weighted by Gasteiger charge is -1.94. The molecule has 0 spiro atoms. The molecule has 5 nitrogen and oxygen atoms in total. The van der Waals surface area contributed by atoms with Crippen LogP contribution in [0.2, 0.25) is 5.02 Å². The average molecular weight is 212 g/mol. The normalized spacial score (nSPS) is 10.6. The van der Waals surface area contributed by atoms with Crippen molar-refractivity contribution in [2.75, 3.05) is 5.73 Å². The lowest BCUT2D eigenvalue weighted by Crippen LogP contribution is -2.07. The third-order valence-corrected chi connectivity index (χ3v) is 2.15. The molecule has 0 aliphatic heterocycles. The van der Waals surface area contributed by atoms with Gasteiger partial charge in [-0.25, -0.2) is 4.79 Å². The van der Waals surface area contributed by atoms with E-state index < -0.39 is 6.09 Å². The highest BCUT2D eigenvalue weighted by Gasteiger charge is 2.07. The third-order valence-electron chi connectivity index (χ3n) is 1.82. The first kappa shape index (κ1) is 8.83. The van der Waals surface area contributed by atoms with Crippen LogP contribution in [-0.2, 0) is 0 Å². The number of rotatable bonds is 0. The molecule has 6 heteroatoms. The Morgan fingerprint density at radius 2 is 2.29 bits per heavy atom. The van der Waals surface area contributed by atoms with E-state index in [1.165, 1.54) is 12.3 Å². The number of halogens is 1. The fourth-order valence-electron chi connectivity index (χ4n) is 1.16. The zero-order valence-corrected chi connectivity index (χ0v) is 7.69. The Bertz CT molecular complexity index is 482. The van der Waals surface area contributed by atoms with Gasteiger partial charge in [-0.05, 0) is 12.1 Å². The number of anilines is 1. The van der Waals surface area contributed by atoms with Crippen LogP contribution in [0.3, 0.4) is 0 Å². The average Bonchev–Trinajstić information content (AvgIpc) is 2.48. The van der Waals surface area contributed by atoms with Gasteiger partial charge in [0.15, 0.2) is 0 Å². The van der Waals surface area contributed by atoms with Crippen molar-refractivity contribution >= 4 is 34.3 Å². The zero-order chi connectivity index (χ0) is 10.3. The maximum Gasteiger partial charge on any atom is 0.432 e. The maximum atomic E-state index is 10.6. The standard InChI is InChI=1S/C8H6ClN3O2/c9-5-2-7-4(1-6(5)10)3-12(11-7)8(13)14/h1-3H,10H2,(H,13,14). The maximum absolute atomic E-state index is 10.6. The molecule has 0 saturated heterocycles. The molecule has 1 heterocycles. The van der Waals surface area contributed by atoms with Crippen molar-refractivity contribution in [3.8, 4) is 0 Å². The Morgan fingerprint density at radius 3 is 2.93 bits per heavy atom. The van der Waals surface area contributed by atoms with Crippen LogP contribution in [0.4, 0.5) is 10.5 Å². The van der Waals surface area contributed by atoms with E-state index in [0.717, 1.165) is 4.68 Å². The summed E-state index contributed by atoms with van der Waals surface area (Å²) >= 11 is 5.75. The number of nitrogens with two attached hydrogens (primary N) is 1. The summed E-state index contributed by atoms with van der Waals surface area (Å²) in [5.41, 5.74) is 6.47. The second-order valence-electron chi connectivity index (χ2n) is 2.79. The Hall–Kier alpha value is -1.75. The molecule has 0 aliphatic carbocycles. The van der Waals surface area contributed by atoms with Crippen LogP contribution in [0.5, 0.6) is 0 Å². The summed E-state index contributed by atoms with van der Waals surface area (Å²) in [6, 6.07) is 3.12. The predicted octanol–water partition coefficient (Wildman–Crippen LogP) is 1.80. The number of nitrogens with zero attached hydrogens (tertiary/aromatic N) is 2. The fraction of sp³-hybridized carbons (Fsp3) is 0. The number of nitrogen functional groups attached to an aromatic ring is 1. The molecule has 1 aromatic heterocycles. The Kier molecular flexibility index (Phi) is 1.82. The van der Waals surface area contributed by atoms with Crippen LogP contribution in [-0.4, -0.2) is 21.0 Å². The first-order valence-electron chi connectivity index (χ1n) is 3.75. The molecule has 72 valence electrons. The van der Waals surface area contributed by atoms with Crippen LogP contribution in [0.1, 0.15) is 0 Å². The van der Waals surface area contributed by atoms with Gasteiger partial charge in [-0.1, -0.05) is 11.6 Å². The summed E-state index contributed by atoms with van der Waals surface area (Å²) in [5, 5.41) is 13.5. The number of aromatic nitrogens is 2. The summed E-state index contributed by atoms with van der Waals surface area (Å²) in [6.45, 7) is 0. The topological polar surface area (TPSA) is 81.1 Å². The summed E-state index contributed by atoms with van der Waals surface area (Å²) in [6.07, 6.45) is 0.237. The Labute approximate surface area is 83.7 Å². The molecule has 0 unspecified atom stereocenters. The van der Waals surface area contributed by atoms with Gasteiger partial charge in [0, 0.05) is 11.6 Å². The number of fused-ring (bicyclic) bond motifs is 1. The van der Waals surface area contributed by atoms with Crippen molar-refractivity contribution in [1.29, 1.82) is 0 Å². The highest BCUT2D eigenvalue weighted by Crippen LogP contribution is 2.24. The monoisotopic (exact) mass is 211 g/mol. The molecule has 0 bridgehead atoms. The summed E-state index contributed by atoms with van der Waals surface area (Å²) in [5.74, 6) is 0. The molecule has 0 atom stereocenters. The zero-order valence-electron chi connectivity index (χ0n) is 6.94. The minimum atomic E-state index is -1.14. The van der Waals surface area contributed by atoms with Gasteiger partial charge in [0.2, 0.25) is 0 Å². The van der Waals surface area contributed by atoms with Gasteiger partial charge in [-0.2, -0.15) is 9.78 Å². The molecule has 3 N–H and O–H groups in total. The number of hydrogen-bond donors (Lipinski definition) is 2. The van der Waals surface area contributed by atoms with Gasteiger partial charge in [-0.15, -0.1) is 0 Å².